The molecule has 106 valence electrons. The van der Waals surface area contributed by atoms with Gasteiger partial charge in [0.2, 0.25) is 0 Å². The van der Waals surface area contributed by atoms with E-state index in [0.29, 0.717) is 0 Å². The summed E-state index contributed by atoms with van der Waals surface area (Å²) in [5.41, 5.74) is 0.181. The fraction of sp³-hybridized carbons (Fsp3) is 0.462. The van der Waals surface area contributed by atoms with Crippen LogP contribution in [0.4, 0.5) is 0 Å². The van der Waals surface area contributed by atoms with Gasteiger partial charge < -0.3 is 13.8 Å². The van der Waals surface area contributed by atoms with E-state index in [2.05, 4.69) is 15.9 Å². The van der Waals surface area contributed by atoms with Crippen LogP contribution in [0.25, 0.3) is 0 Å². The normalized spacial score (nSPS) is 13.2. The Hall–Kier alpha value is -0.480. The fourth-order valence-corrected chi connectivity index (χ4v) is 4.64. The van der Waals surface area contributed by atoms with Gasteiger partial charge in [0.15, 0.2) is 0 Å². The van der Waals surface area contributed by atoms with Gasteiger partial charge in [0.05, 0.1) is 18.9 Å². The van der Waals surface area contributed by atoms with E-state index in [1.807, 2.05) is 24.3 Å². The van der Waals surface area contributed by atoms with Crippen molar-refractivity contribution in [1.82, 2.24) is 0 Å². The first-order valence-corrected chi connectivity index (χ1v) is 8.56. The Labute approximate surface area is 122 Å². The number of hydrogen-bond donors (Lipinski definition) is 0. The molecule has 1 rings (SSSR count). The van der Waals surface area contributed by atoms with Gasteiger partial charge in [-0.2, -0.15) is 0 Å². The van der Waals surface area contributed by atoms with Crippen LogP contribution < -0.4 is 0 Å². The Kier molecular flexibility index (Phi) is 6.94. The Morgan fingerprint density at radius 1 is 1.26 bits per heavy atom. The zero-order chi connectivity index (χ0) is 14.3. The first-order valence-electron chi connectivity index (χ1n) is 6.15. The van der Waals surface area contributed by atoms with E-state index >= 15 is 0 Å². The van der Waals surface area contributed by atoms with Gasteiger partial charge in [-0.3, -0.25) is 4.57 Å². The summed E-state index contributed by atoms with van der Waals surface area (Å²) >= 11 is 3.41. The highest BCUT2D eigenvalue weighted by atomic mass is 79.9. The molecule has 0 fully saturated rings. The number of hydrogen-bond acceptors (Lipinski definition) is 4. The molecule has 0 radical (unpaired) electrons. The van der Waals surface area contributed by atoms with Crippen LogP contribution in [0.15, 0.2) is 28.7 Å². The minimum absolute atomic E-state index is 0.0971. The molecule has 0 saturated heterocycles. The molecule has 4 nitrogen and oxygen atoms in total. The van der Waals surface area contributed by atoms with Crippen LogP contribution in [0.5, 0.6) is 0 Å². The fourth-order valence-electron chi connectivity index (χ4n) is 1.84. The van der Waals surface area contributed by atoms with Gasteiger partial charge in [-0.15, -0.1) is 0 Å². The van der Waals surface area contributed by atoms with Gasteiger partial charge in [-0.25, -0.2) is 0 Å². The number of aldehydes is 1. The van der Waals surface area contributed by atoms with Crippen molar-refractivity contribution in [3.05, 3.63) is 34.3 Å². The Bertz CT molecular complexity index is 454. The van der Waals surface area contributed by atoms with Gasteiger partial charge in [-0.1, -0.05) is 34.1 Å². The lowest BCUT2D eigenvalue weighted by Crippen LogP contribution is -2.08. The summed E-state index contributed by atoms with van der Waals surface area (Å²) in [6.07, 6.45) is 0.842. The van der Waals surface area contributed by atoms with Gasteiger partial charge in [-0.05, 0) is 25.5 Å². The second-order valence-electron chi connectivity index (χ2n) is 3.82. The lowest BCUT2D eigenvalue weighted by molar-refractivity contribution is -0.108. The molecule has 0 bridgehead atoms. The molecule has 0 aromatic heterocycles. The predicted octanol–water partition coefficient (Wildman–Crippen LogP) is 4.35. The quantitative estimate of drug-likeness (QED) is 0.517. The van der Waals surface area contributed by atoms with Gasteiger partial charge in [0, 0.05) is 10.9 Å². The van der Waals surface area contributed by atoms with Crippen LogP contribution in [0.3, 0.4) is 0 Å². The highest BCUT2D eigenvalue weighted by molar-refractivity contribution is 9.10. The summed E-state index contributed by atoms with van der Waals surface area (Å²) in [5, 5.41) is 0. The van der Waals surface area contributed by atoms with Gasteiger partial charge in [0.25, 0.3) is 0 Å². The second-order valence-corrected chi connectivity index (χ2v) is 6.89. The molecule has 0 saturated carbocycles. The van der Waals surface area contributed by atoms with Crippen LogP contribution in [0, 0.1) is 0 Å². The standard InChI is InChI=1S/C13H18BrO4P/c1-3-17-19(16,18-4-2)13(9-10-15)11-7-5-6-8-12(11)14/h5-8,10,13H,3-4,9H2,1-2H3/t13-/m0/s1. The second kappa shape index (κ2) is 7.95. The predicted molar refractivity (Wildman–Crippen MR) is 78.4 cm³/mol. The average molecular weight is 349 g/mol. The maximum absolute atomic E-state index is 12.8. The van der Waals surface area contributed by atoms with Crippen molar-refractivity contribution >= 4 is 29.8 Å². The molecule has 1 aromatic carbocycles. The molecule has 0 amide bonds. The lowest BCUT2D eigenvalue weighted by atomic mass is 10.1. The summed E-state index contributed by atoms with van der Waals surface area (Å²) in [6.45, 7) is 4.06. The van der Waals surface area contributed by atoms with E-state index in [0.717, 1.165) is 16.3 Å². The first kappa shape index (κ1) is 16.6. The average Bonchev–Trinajstić information content (AvgIpc) is 2.37. The number of rotatable bonds is 8. The van der Waals surface area contributed by atoms with Crippen LogP contribution in [0.2, 0.25) is 0 Å². The van der Waals surface area contributed by atoms with E-state index < -0.39 is 13.3 Å². The maximum atomic E-state index is 12.8. The third-order valence-corrected chi connectivity index (χ3v) is 5.79. The van der Waals surface area contributed by atoms with Crippen molar-refractivity contribution in [3.63, 3.8) is 0 Å². The number of benzene rings is 1. The van der Waals surface area contributed by atoms with Crippen molar-refractivity contribution in [2.75, 3.05) is 13.2 Å². The lowest BCUT2D eigenvalue weighted by Gasteiger charge is -2.26. The van der Waals surface area contributed by atoms with E-state index in [4.69, 9.17) is 9.05 Å². The molecule has 0 aliphatic rings. The topological polar surface area (TPSA) is 52.6 Å². The smallest absolute Gasteiger partial charge is 0.308 e. The SMILES string of the molecule is CCOP(=O)(OCC)[C@@H](CC=O)c1ccccc1Br. The molecule has 19 heavy (non-hydrogen) atoms. The van der Waals surface area contributed by atoms with Gasteiger partial charge in [0.1, 0.15) is 6.29 Å². The molecule has 0 aliphatic heterocycles. The van der Waals surface area contributed by atoms with Crippen molar-refractivity contribution in [2.45, 2.75) is 25.9 Å². The Balaban J connectivity index is 3.21. The minimum atomic E-state index is -3.36. The van der Waals surface area contributed by atoms with Crippen LogP contribution >= 0.6 is 23.5 Å². The molecular weight excluding hydrogens is 331 g/mol. The minimum Gasteiger partial charge on any atom is -0.308 e. The van der Waals surface area contributed by atoms with Crippen LogP contribution in [-0.4, -0.2) is 19.5 Å². The third kappa shape index (κ3) is 4.25. The monoisotopic (exact) mass is 348 g/mol. The van der Waals surface area contributed by atoms with Gasteiger partial charge >= 0.3 is 7.60 Å². The molecule has 6 heteroatoms. The molecule has 0 heterocycles. The molecule has 0 unspecified atom stereocenters. The van der Waals surface area contributed by atoms with E-state index in [1.54, 1.807) is 13.8 Å². The molecule has 0 N–H and O–H groups in total. The maximum Gasteiger partial charge on any atom is 0.338 e. The highest BCUT2D eigenvalue weighted by Gasteiger charge is 2.37. The summed E-state index contributed by atoms with van der Waals surface area (Å²) in [5.74, 6) is 0. The third-order valence-electron chi connectivity index (χ3n) is 2.58. The number of halogens is 1. The number of carbonyl (C=O) groups excluding carboxylic acids is 1. The Morgan fingerprint density at radius 2 is 1.84 bits per heavy atom. The molecule has 1 atom stereocenters. The molecule has 0 aliphatic carbocycles. The largest absolute Gasteiger partial charge is 0.338 e. The van der Waals surface area contributed by atoms with Crippen LogP contribution in [-0.2, 0) is 18.4 Å². The van der Waals surface area contributed by atoms with Crippen molar-refractivity contribution in [3.8, 4) is 0 Å². The van der Waals surface area contributed by atoms with E-state index in [9.17, 15) is 9.36 Å². The van der Waals surface area contributed by atoms with Crippen molar-refractivity contribution < 1.29 is 18.4 Å². The zero-order valence-electron chi connectivity index (χ0n) is 11.0. The van der Waals surface area contributed by atoms with E-state index in [-0.39, 0.29) is 19.6 Å². The van der Waals surface area contributed by atoms with Crippen molar-refractivity contribution in [2.24, 2.45) is 0 Å². The summed E-state index contributed by atoms with van der Waals surface area (Å²) in [4.78, 5) is 10.9. The first-order chi connectivity index (χ1) is 9.09. The summed E-state index contributed by atoms with van der Waals surface area (Å²) < 4.78 is 24.3. The number of carbonyl (C=O) groups is 1. The summed E-state index contributed by atoms with van der Waals surface area (Å²) in [6, 6.07) is 7.36. The van der Waals surface area contributed by atoms with Crippen molar-refractivity contribution in [1.29, 1.82) is 0 Å². The Morgan fingerprint density at radius 3 is 2.32 bits per heavy atom. The molecule has 0 spiro atoms. The zero-order valence-corrected chi connectivity index (χ0v) is 13.5. The molecule has 1 aromatic rings. The van der Waals surface area contributed by atoms with E-state index in [1.165, 1.54) is 0 Å². The molecular formula is C13H18BrO4P. The summed E-state index contributed by atoms with van der Waals surface area (Å²) in [7, 11) is -3.36. The van der Waals surface area contributed by atoms with Crippen LogP contribution in [0.1, 0.15) is 31.5 Å². The highest BCUT2D eigenvalue weighted by Crippen LogP contribution is 2.62.